The molecule has 0 radical (unpaired) electrons. The van der Waals surface area contributed by atoms with Crippen LogP contribution in [0.25, 0.3) is 0 Å². The molecular weight excluding hydrogens is 294 g/mol. The highest BCUT2D eigenvalue weighted by molar-refractivity contribution is 7.99. The first-order chi connectivity index (χ1) is 10.6. The van der Waals surface area contributed by atoms with Crippen LogP contribution in [0.2, 0.25) is 0 Å². The van der Waals surface area contributed by atoms with Crippen LogP contribution in [0.3, 0.4) is 0 Å². The van der Waals surface area contributed by atoms with Gasteiger partial charge in [-0.25, -0.2) is 0 Å². The fourth-order valence-electron chi connectivity index (χ4n) is 2.82. The summed E-state index contributed by atoms with van der Waals surface area (Å²) in [5, 5.41) is 4.43. The lowest BCUT2D eigenvalue weighted by Crippen LogP contribution is -2.32. The van der Waals surface area contributed by atoms with Gasteiger partial charge in [0.1, 0.15) is 0 Å². The minimum Gasteiger partial charge on any atom is -0.311 e. The Labute approximate surface area is 135 Å². The van der Waals surface area contributed by atoms with Crippen molar-refractivity contribution in [3.05, 3.63) is 41.7 Å². The number of aromatic nitrogens is 2. The van der Waals surface area contributed by atoms with Crippen LogP contribution in [-0.2, 0) is 11.3 Å². The van der Waals surface area contributed by atoms with Gasteiger partial charge in [0.25, 0.3) is 0 Å². The van der Waals surface area contributed by atoms with Crippen molar-refractivity contribution in [1.29, 1.82) is 0 Å². The number of thioether (sulfide) groups is 1. The molecule has 1 aliphatic rings. The summed E-state index contributed by atoms with van der Waals surface area (Å²) in [4.78, 5) is 15.8. The number of rotatable bonds is 3. The van der Waals surface area contributed by atoms with Gasteiger partial charge in [0.2, 0.25) is 5.91 Å². The molecular formula is C17H21N3OS. The number of hydrogen-bond donors (Lipinski definition) is 0. The Balaban J connectivity index is 1.73. The van der Waals surface area contributed by atoms with E-state index < -0.39 is 0 Å². The van der Waals surface area contributed by atoms with E-state index in [1.807, 2.05) is 53.4 Å². The van der Waals surface area contributed by atoms with Crippen LogP contribution in [0.1, 0.15) is 24.2 Å². The summed E-state index contributed by atoms with van der Waals surface area (Å²) in [7, 11) is 0. The number of benzene rings is 1. The van der Waals surface area contributed by atoms with E-state index in [9.17, 15) is 4.79 Å². The van der Waals surface area contributed by atoms with Gasteiger partial charge in [-0.2, -0.15) is 5.10 Å². The summed E-state index contributed by atoms with van der Waals surface area (Å²) in [6.07, 6.45) is 1.52. The number of amides is 1. The van der Waals surface area contributed by atoms with Crippen molar-refractivity contribution in [1.82, 2.24) is 9.78 Å². The number of carbonyl (C=O) groups is 1. The second kappa shape index (κ2) is 6.57. The second-order valence-electron chi connectivity index (χ2n) is 5.62. The monoisotopic (exact) mass is 315 g/mol. The number of fused-ring (bicyclic) bond motifs is 1. The third kappa shape index (κ3) is 3.19. The van der Waals surface area contributed by atoms with Gasteiger partial charge in [-0.05, 0) is 44.2 Å². The van der Waals surface area contributed by atoms with Gasteiger partial charge in [-0.15, -0.1) is 11.8 Å². The van der Waals surface area contributed by atoms with Crippen LogP contribution < -0.4 is 4.90 Å². The predicted molar refractivity (Wildman–Crippen MR) is 90.5 cm³/mol. The highest BCUT2D eigenvalue weighted by atomic mass is 32.2. The van der Waals surface area contributed by atoms with Crippen molar-refractivity contribution < 1.29 is 4.79 Å². The summed E-state index contributed by atoms with van der Waals surface area (Å²) >= 11 is 1.84. The van der Waals surface area contributed by atoms with E-state index in [2.05, 4.69) is 17.2 Å². The highest BCUT2D eigenvalue weighted by Crippen LogP contribution is 2.33. The normalized spacial score (nSPS) is 14.5. The molecule has 1 aromatic heterocycles. The molecule has 1 amide bonds. The Morgan fingerprint density at radius 1 is 1.32 bits per heavy atom. The van der Waals surface area contributed by atoms with Crippen LogP contribution in [-0.4, -0.2) is 28.0 Å². The molecule has 116 valence electrons. The van der Waals surface area contributed by atoms with Gasteiger partial charge < -0.3 is 4.90 Å². The lowest BCUT2D eigenvalue weighted by Gasteiger charge is -2.22. The van der Waals surface area contributed by atoms with E-state index in [0.717, 1.165) is 35.8 Å². The SMILES string of the molecule is Cc1cc(C)n(CCC(=O)N2CCCSc3ccccc32)n1. The fraction of sp³-hybridized carbons (Fsp3) is 0.412. The summed E-state index contributed by atoms with van der Waals surface area (Å²) in [6.45, 7) is 5.46. The van der Waals surface area contributed by atoms with Crippen molar-refractivity contribution in [2.24, 2.45) is 0 Å². The maximum atomic E-state index is 12.7. The van der Waals surface area contributed by atoms with E-state index in [1.54, 1.807) is 0 Å². The largest absolute Gasteiger partial charge is 0.311 e. The Morgan fingerprint density at radius 2 is 2.14 bits per heavy atom. The molecule has 2 aromatic rings. The Hall–Kier alpha value is -1.75. The lowest BCUT2D eigenvalue weighted by atomic mass is 10.2. The minimum absolute atomic E-state index is 0.183. The van der Waals surface area contributed by atoms with Crippen LogP contribution in [0, 0.1) is 13.8 Å². The summed E-state index contributed by atoms with van der Waals surface area (Å²) in [5.41, 5.74) is 3.17. The van der Waals surface area contributed by atoms with Gasteiger partial charge in [0, 0.05) is 30.1 Å². The second-order valence-corrected chi connectivity index (χ2v) is 6.75. The summed E-state index contributed by atoms with van der Waals surface area (Å²) in [5.74, 6) is 1.25. The van der Waals surface area contributed by atoms with Crippen molar-refractivity contribution in [3.8, 4) is 0 Å². The van der Waals surface area contributed by atoms with Crippen LogP contribution in [0.5, 0.6) is 0 Å². The molecule has 22 heavy (non-hydrogen) atoms. The summed E-state index contributed by atoms with van der Waals surface area (Å²) in [6, 6.07) is 10.2. The molecule has 0 unspecified atom stereocenters. The molecule has 3 rings (SSSR count). The quantitative estimate of drug-likeness (QED) is 0.871. The molecule has 1 aromatic carbocycles. The zero-order valence-electron chi connectivity index (χ0n) is 13.1. The minimum atomic E-state index is 0.183. The first kappa shape index (κ1) is 15.2. The zero-order chi connectivity index (χ0) is 15.5. The van der Waals surface area contributed by atoms with Gasteiger partial charge in [0.15, 0.2) is 0 Å². The van der Waals surface area contributed by atoms with Gasteiger partial charge in [-0.1, -0.05) is 12.1 Å². The van der Waals surface area contributed by atoms with Crippen molar-refractivity contribution >= 4 is 23.4 Å². The third-order valence-corrected chi connectivity index (χ3v) is 5.03. The van der Waals surface area contributed by atoms with E-state index in [-0.39, 0.29) is 5.91 Å². The molecule has 0 saturated heterocycles. The number of carbonyl (C=O) groups excluding carboxylic acids is 1. The molecule has 1 aliphatic heterocycles. The predicted octanol–water partition coefficient (Wildman–Crippen LogP) is 3.42. The average Bonchev–Trinajstić information content (AvgIpc) is 2.72. The van der Waals surface area contributed by atoms with Gasteiger partial charge in [0.05, 0.1) is 11.4 Å². The first-order valence-corrected chi connectivity index (χ1v) is 8.67. The molecule has 0 fully saturated rings. The van der Waals surface area contributed by atoms with Crippen molar-refractivity contribution in [3.63, 3.8) is 0 Å². The van der Waals surface area contributed by atoms with Crippen LogP contribution >= 0.6 is 11.8 Å². The van der Waals surface area contributed by atoms with E-state index in [0.29, 0.717) is 13.0 Å². The van der Waals surface area contributed by atoms with Gasteiger partial charge in [-0.3, -0.25) is 9.48 Å². The molecule has 0 atom stereocenters. The number of anilines is 1. The zero-order valence-corrected chi connectivity index (χ0v) is 13.9. The number of hydrogen-bond acceptors (Lipinski definition) is 3. The molecule has 0 aliphatic carbocycles. The van der Waals surface area contributed by atoms with Crippen molar-refractivity contribution in [2.45, 2.75) is 38.1 Å². The summed E-state index contributed by atoms with van der Waals surface area (Å²) < 4.78 is 1.92. The van der Waals surface area contributed by atoms with Gasteiger partial charge >= 0.3 is 0 Å². The van der Waals surface area contributed by atoms with Crippen LogP contribution in [0.15, 0.2) is 35.2 Å². The molecule has 0 N–H and O–H groups in total. The van der Waals surface area contributed by atoms with E-state index >= 15 is 0 Å². The number of aryl methyl sites for hydroxylation is 3. The topological polar surface area (TPSA) is 38.1 Å². The van der Waals surface area contributed by atoms with E-state index in [4.69, 9.17) is 0 Å². The highest BCUT2D eigenvalue weighted by Gasteiger charge is 2.21. The maximum Gasteiger partial charge on any atom is 0.228 e. The van der Waals surface area contributed by atoms with E-state index in [1.165, 1.54) is 4.90 Å². The molecule has 0 spiro atoms. The number of para-hydroxylation sites is 1. The molecule has 0 saturated carbocycles. The Kier molecular flexibility index (Phi) is 4.52. The molecule has 0 bridgehead atoms. The molecule has 2 heterocycles. The number of nitrogens with zero attached hydrogens (tertiary/aromatic N) is 3. The van der Waals surface area contributed by atoms with Crippen LogP contribution in [0.4, 0.5) is 5.69 Å². The molecule has 4 nitrogen and oxygen atoms in total. The smallest absolute Gasteiger partial charge is 0.228 e. The lowest BCUT2D eigenvalue weighted by molar-refractivity contribution is -0.118. The third-order valence-electron chi connectivity index (χ3n) is 3.88. The fourth-order valence-corrected chi connectivity index (χ4v) is 3.82. The standard InChI is InChI=1S/C17H21N3OS/c1-13-12-14(2)20(18-13)10-8-17(21)19-9-5-11-22-16-7-4-3-6-15(16)19/h3-4,6-7,12H,5,8-11H2,1-2H3. The maximum absolute atomic E-state index is 12.7. The molecule has 5 heteroatoms. The Bertz CT molecular complexity index is 680. The average molecular weight is 315 g/mol. The Morgan fingerprint density at radius 3 is 2.91 bits per heavy atom. The first-order valence-electron chi connectivity index (χ1n) is 7.68. The van der Waals surface area contributed by atoms with Crippen molar-refractivity contribution in [2.75, 3.05) is 17.2 Å².